The highest BCUT2D eigenvalue weighted by atomic mass is 35.5. The van der Waals surface area contributed by atoms with Gasteiger partial charge in [-0.15, -0.1) is 11.6 Å². The molecule has 2 heterocycles. The second kappa shape index (κ2) is 7.79. The van der Waals surface area contributed by atoms with Crippen LogP contribution in [0.1, 0.15) is 25.3 Å². The van der Waals surface area contributed by atoms with Gasteiger partial charge in [0.15, 0.2) is 12.6 Å². The summed E-state index contributed by atoms with van der Waals surface area (Å²) in [5, 5.41) is 4.10. The van der Waals surface area contributed by atoms with Crippen molar-refractivity contribution in [1.82, 2.24) is 5.32 Å². The van der Waals surface area contributed by atoms with E-state index in [-0.39, 0.29) is 12.2 Å². The Balaban J connectivity index is 2.19. The zero-order valence-corrected chi connectivity index (χ0v) is 16.7. The molecule has 1 unspecified atom stereocenters. The van der Waals surface area contributed by atoms with E-state index < -0.39 is 18.2 Å². The van der Waals surface area contributed by atoms with Gasteiger partial charge in [-0.05, 0) is 31.5 Å². The summed E-state index contributed by atoms with van der Waals surface area (Å²) in [6.07, 6.45) is -0.963. The van der Waals surface area contributed by atoms with Crippen molar-refractivity contribution < 1.29 is 19.0 Å². The standard InChI is InChI=1S/C18H18Cl3NO4/c1-8-14(17(23)24-3)15(11-5-4-10(20)6-12(11)21)16(13(7-19)22-8)18-25-9(2)26-18/h4-6,9,15,18,22H,7H2,1-3H3. The van der Waals surface area contributed by atoms with E-state index >= 15 is 0 Å². The van der Waals surface area contributed by atoms with Gasteiger partial charge in [0.2, 0.25) is 0 Å². The van der Waals surface area contributed by atoms with Crippen LogP contribution in [0.5, 0.6) is 0 Å². The summed E-state index contributed by atoms with van der Waals surface area (Å²) >= 11 is 18.7. The van der Waals surface area contributed by atoms with Crippen molar-refractivity contribution >= 4 is 40.8 Å². The summed E-state index contributed by atoms with van der Waals surface area (Å²) < 4.78 is 16.4. The van der Waals surface area contributed by atoms with Gasteiger partial charge in [-0.25, -0.2) is 4.79 Å². The predicted molar refractivity (Wildman–Crippen MR) is 100 cm³/mol. The van der Waals surface area contributed by atoms with Crippen LogP contribution in [-0.2, 0) is 19.0 Å². The number of hydrogen-bond donors (Lipinski definition) is 1. The number of allylic oxidation sites excluding steroid dienone is 2. The molecule has 140 valence electrons. The minimum atomic E-state index is -0.629. The van der Waals surface area contributed by atoms with E-state index in [1.807, 2.05) is 0 Å². The predicted octanol–water partition coefficient (Wildman–Crippen LogP) is 4.34. The molecule has 2 aliphatic heterocycles. The van der Waals surface area contributed by atoms with E-state index in [9.17, 15) is 4.79 Å². The SMILES string of the molecule is COC(=O)C1=C(C)NC(CCl)=C(C2OC(C)O2)C1c1ccc(Cl)cc1Cl. The lowest BCUT2D eigenvalue weighted by molar-refractivity contribution is -0.360. The second-order valence-electron chi connectivity index (χ2n) is 5.99. The highest BCUT2D eigenvalue weighted by Crippen LogP contribution is 2.46. The summed E-state index contributed by atoms with van der Waals surface area (Å²) in [6, 6.07) is 5.14. The van der Waals surface area contributed by atoms with Gasteiger partial charge in [-0.1, -0.05) is 29.3 Å². The molecule has 5 nitrogen and oxygen atoms in total. The van der Waals surface area contributed by atoms with Gasteiger partial charge >= 0.3 is 5.97 Å². The molecule has 1 N–H and O–H groups in total. The third kappa shape index (κ3) is 3.47. The molecule has 0 saturated carbocycles. The number of ether oxygens (including phenoxy) is 3. The monoisotopic (exact) mass is 417 g/mol. The van der Waals surface area contributed by atoms with Gasteiger partial charge in [0, 0.05) is 32.9 Å². The van der Waals surface area contributed by atoms with E-state index in [0.29, 0.717) is 38.1 Å². The second-order valence-corrected chi connectivity index (χ2v) is 7.10. The van der Waals surface area contributed by atoms with Crippen molar-refractivity contribution in [3.63, 3.8) is 0 Å². The van der Waals surface area contributed by atoms with E-state index in [1.54, 1.807) is 32.0 Å². The molecular formula is C18H18Cl3NO4. The number of rotatable bonds is 4. The molecule has 0 radical (unpaired) electrons. The van der Waals surface area contributed by atoms with Crippen LogP contribution in [0.15, 0.2) is 40.7 Å². The van der Waals surface area contributed by atoms with Gasteiger partial charge in [0.1, 0.15) is 0 Å². The summed E-state index contributed by atoms with van der Waals surface area (Å²) in [5.74, 6) is -0.801. The fraction of sp³-hybridized carbons (Fsp3) is 0.389. The summed E-state index contributed by atoms with van der Waals surface area (Å²) in [4.78, 5) is 12.5. The first-order chi connectivity index (χ1) is 12.4. The molecule has 1 saturated heterocycles. The zero-order valence-electron chi connectivity index (χ0n) is 14.4. The molecule has 0 spiro atoms. The van der Waals surface area contributed by atoms with Crippen LogP contribution < -0.4 is 5.32 Å². The van der Waals surface area contributed by atoms with Crippen LogP contribution in [-0.4, -0.2) is 31.5 Å². The number of dihydropyridines is 1. The molecule has 0 aliphatic carbocycles. The largest absolute Gasteiger partial charge is 0.466 e. The smallest absolute Gasteiger partial charge is 0.336 e. The summed E-state index contributed by atoms with van der Waals surface area (Å²) in [6.45, 7) is 3.58. The first kappa shape index (κ1) is 19.5. The lowest BCUT2D eigenvalue weighted by Crippen LogP contribution is -2.45. The number of halogens is 3. The first-order valence-electron chi connectivity index (χ1n) is 7.98. The number of hydrogen-bond acceptors (Lipinski definition) is 5. The number of benzene rings is 1. The van der Waals surface area contributed by atoms with Gasteiger partial charge in [0.25, 0.3) is 0 Å². The van der Waals surface area contributed by atoms with Gasteiger partial charge in [-0.3, -0.25) is 0 Å². The Bertz CT molecular complexity index is 800. The van der Waals surface area contributed by atoms with Crippen molar-refractivity contribution in [3.05, 3.63) is 56.3 Å². The molecule has 8 heteroatoms. The average Bonchev–Trinajstić information content (AvgIpc) is 2.58. The maximum atomic E-state index is 12.5. The van der Waals surface area contributed by atoms with E-state index in [1.165, 1.54) is 7.11 Å². The molecule has 2 aliphatic rings. The van der Waals surface area contributed by atoms with Crippen molar-refractivity contribution in [1.29, 1.82) is 0 Å². The van der Waals surface area contributed by atoms with E-state index in [2.05, 4.69) is 5.32 Å². The molecule has 0 amide bonds. The van der Waals surface area contributed by atoms with Crippen LogP contribution in [0.2, 0.25) is 10.0 Å². The van der Waals surface area contributed by atoms with Crippen molar-refractivity contribution in [2.24, 2.45) is 0 Å². The number of carbonyl (C=O) groups excluding carboxylic acids is 1. The van der Waals surface area contributed by atoms with Crippen molar-refractivity contribution in [2.75, 3.05) is 13.0 Å². The van der Waals surface area contributed by atoms with Crippen molar-refractivity contribution in [2.45, 2.75) is 32.3 Å². The first-order valence-corrected chi connectivity index (χ1v) is 9.27. The molecule has 1 atom stereocenters. The Morgan fingerprint density at radius 1 is 1.31 bits per heavy atom. The van der Waals surface area contributed by atoms with Crippen LogP contribution in [0.25, 0.3) is 0 Å². The normalized spacial score (nSPS) is 25.7. The number of alkyl halides is 1. The highest BCUT2D eigenvalue weighted by Gasteiger charge is 2.43. The Kier molecular flexibility index (Phi) is 5.85. The fourth-order valence-electron chi connectivity index (χ4n) is 3.25. The van der Waals surface area contributed by atoms with Gasteiger partial charge in [-0.2, -0.15) is 0 Å². The number of nitrogens with one attached hydrogen (secondary N) is 1. The van der Waals surface area contributed by atoms with Crippen molar-refractivity contribution in [3.8, 4) is 0 Å². The average molecular weight is 419 g/mol. The lowest BCUT2D eigenvalue weighted by atomic mass is 9.79. The number of methoxy groups -OCH3 is 1. The maximum absolute atomic E-state index is 12.5. The maximum Gasteiger partial charge on any atom is 0.336 e. The minimum Gasteiger partial charge on any atom is -0.466 e. The topological polar surface area (TPSA) is 56.8 Å². The van der Waals surface area contributed by atoms with Crippen LogP contribution in [0, 0.1) is 0 Å². The Morgan fingerprint density at radius 2 is 2.00 bits per heavy atom. The molecule has 26 heavy (non-hydrogen) atoms. The molecule has 0 aromatic heterocycles. The Morgan fingerprint density at radius 3 is 2.54 bits per heavy atom. The Hall–Kier alpha value is -1.24. The highest BCUT2D eigenvalue weighted by molar-refractivity contribution is 6.35. The van der Waals surface area contributed by atoms with Crippen LogP contribution >= 0.6 is 34.8 Å². The lowest BCUT2D eigenvalue weighted by Gasteiger charge is -2.42. The minimum absolute atomic E-state index is 0.195. The number of carbonyl (C=O) groups is 1. The van der Waals surface area contributed by atoms with E-state index in [4.69, 9.17) is 49.0 Å². The Labute approximate surface area is 166 Å². The molecule has 1 fully saturated rings. The molecule has 0 bridgehead atoms. The van der Waals surface area contributed by atoms with Crippen LogP contribution in [0.4, 0.5) is 0 Å². The summed E-state index contributed by atoms with van der Waals surface area (Å²) in [5.41, 5.74) is 3.17. The zero-order chi connectivity index (χ0) is 19.0. The molecule has 3 rings (SSSR count). The van der Waals surface area contributed by atoms with Gasteiger partial charge < -0.3 is 19.5 Å². The summed E-state index contributed by atoms with van der Waals surface area (Å²) in [7, 11) is 1.34. The molecule has 1 aromatic rings. The van der Waals surface area contributed by atoms with Gasteiger partial charge in [0.05, 0.1) is 18.6 Å². The number of esters is 1. The molecule has 1 aromatic carbocycles. The van der Waals surface area contributed by atoms with E-state index in [0.717, 1.165) is 0 Å². The van der Waals surface area contributed by atoms with Crippen LogP contribution in [0.3, 0.4) is 0 Å². The third-order valence-corrected chi connectivity index (χ3v) is 5.22. The fourth-order valence-corrected chi connectivity index (χ4v) is 3.98. The molecular weight excluding hydrogens is 401 g/mol. The quantitative estimate of drug-likeness (QED) is 0.582. The third-order valence-electron chi connectivity index (χ3n) is 4.39.